The Morgan fingerprint density at radius 3 is 2.84 bits per heavy atom. The predicted molar refractivity (Wildman–Crippen MR) is 127 cm³/mol. The Bertz CT molecular complexity index is 903. The number of pyridine rings is 1. The van der Waals surface area contributed by atoms with E-state index in [0.29, 0.717) is 31.1 Å². The van der Waals surface area contributed by atoms with E-state index in [9.17, 15) is 9.18 Å². The molecular formula is C25H33FN4O2. The fourth-order valence-electron chi connectivity index (χ4n) is 3.72. The Hall–Kier alpha value is -3.09. The number of carbonyl (C=O) groups excluding carboxylic acids is 1. The van der Waals surface area contributed by atoms with Gasteiger partial charge in [0.05, 0.1) is 18.2 Å². The fourth-order valence-corrected chi connectivity index (χ4v) is 3.72. The molecule has 0 saturated carbocycles. The summed E-state index contributed by atoms with van der Waals surface area (Å²) >= 11 is 0. The third-order valence-electron chi connectivity index (χ3n) is 5.62. The minimum atomic E-state index is -0.314. The maximum atomic E-state index is 14.8. The largest absolute Gasteiger partial charge is 0.489 e. The average Bonchev–Trinajstić information content (AvgIpc) is 3.26. The van der Waals surface area contributed by atoms with Gasteiger partial charge in [-0.25, -0.2) is 9.37 Å². The highest BCUT2D eigenvalue weighted by Crippen LogP contribution is 2.29. The van der Waals surface area contributed by atoms with Crippen LogP contribution in [0.25, 0.3) is 0 Å². The van der Waals surface area contributed by atoms with E-state index in [1.807, 2.05) is 43.0 Å². The Labute approximate surface area is 189 Å². The zero-order valence-corrected chi connectivity index (χ0v) is 18.9. The number of benzene rings is 1. The van der Waals surface area contributed by atoms with Crippen molar-refractivity contribution in [3.8, 4) is 5.75 Å². The molecule has 2 aromatic rings. The zero-order valence-electron chi connectivity index (χ0n) is 18.9. The second kappa shape index (κ2) is 11.5. The highest BCUT2D eigenvalue weighted by Gasteiger charge is 2.27. The molecule has 0 aliphatic carbocycles. The molecule has 2 atom stereocenters. The molecule has 1 aliphatic rings. The second-order valence-electron chi connectivity index (χ2n) is 8.05. The zero-order chi connectivity index (χ0) is 22.9. The van der Waals surface area contributed by atoms with E-state index < -0.39 is 0 Å². The monoisotopic (exact) mass is 440 g/mol. The van der Waals surface area contributed by atoms with Crippen LogP contribution < -0.4 is 20.3 Å². The number of nitrogens with zero attached hydrogens (tertiary/aromatic N) is 2. The summed E-state index contributed by atoms with van der Waals surface area (Å²) in [5, 5.41) is 5.95. The van der Waals surface area contributed by atoms with Crippen LogP contribution >= 0.6 is 0 Å². The van der Waals surface area contributed by atoms with Gasteiger partial charge in [0, 0.05) is 32.3 Å². The topological polar surface area (TPSA) is 66.5 Å². The van der Waals surface area contributed by atoms with Crippen LogP contribution in [0.1, 0.15) is 44.6 Å². The first-order chi connectivity index (χ1) is 15.5. The lowest BCUT2D eigenvalue weighted by molar-refractivity contribution is -0.122. The van der Waals surface area contributed by atoms with Crippen molar-refractivity contribution in [3.63, 3.8) is 0 Å². The van der Waals surface area contributed by atoms with E-state index in [2.05, 4.69) is 22.2 Å². The number of halogens is 1. The summed E-state index contributed by atoms with van der Waals surface area (Å²) in [6, 6.07) is 9.35. The molecule has 1 aromatic heterocycles. The minimum absolute atomic E-state index is 0.000809. The quantitative estimate of drug-likeness (QED) is 0.398. The Kier molecular flexibility index (Phi) is 8.48. The first-order valence-corrected chi connectivity index (χ1v) is 11.3. The summed E-state index contributed by atoms with van der Waals surface area (Å²) in [5.41, 5.74) is 1.49. The van der Waals surface area contributed by atoms with Crippen molar-refractivity contribution in [2.75, 3.05) is 36.4 Å². The summed E-state index contributed by atoms with van der Waals surface area (Å²) in [5.74, 6) is 0.499. The standard InChI is InChI=1S/C25H33FN4O2/c1-4-6-14-29-25(31)18(3)19-7-9-20(10-8-19)32-21-12-16-30(17-21)22-11-15-28-24(23(22)26)27-13-5-2/h4,7-11,15,18,21H,1,5-6,12-14,16-17H2,2-3H3,(H,27,28)(H,29,31). The third kappa shape index (κ3) is 5.99. The number of hydrogen-bond donors (Lipinski definition) is 2. The first kappa shape index (κ1) is 23.6. The number of nitrogens with one attached hydrogen (secondary N) is 2. The van der Waals surface area contributed by atoms with Gasteiger partial charge in [-0.2, -0.15) is 0 Å². The molecule has 2 unspecified atom stereocenters. The molecule has 2 heterocycles. The molecule has 172 valence electrons. The maximum absolute atomic E-state index is 14.8. The normalized spacial score (nSPS) is 16.5. The first-order valence-electron chi connectivity index (χ1n) is 11.3. The Morgan fingerprint density at radius 1 is 1.34 bits per heavy atom. The number of carbonyl (C=O) groups is 1. The SMILES string of the molecule is C=CCCNC(=O)C(C)c1ccc(OC2CCN(c3ccnc(NCCC)c3F)C2)cc1. The molecule has 2 N–H and O–H groups in total. The van der Waals surface area contributed by atoms with Gasteiger partial charge in [-0.1, -0.05) is 25.1 Å². The minimum Gasteiger partial charge on any atom is -0.489 e. The number of hydrogen-bond acceptors (Lipinski definition) is 5. The summed E-state index contributed by atoms with van der Waals surface area (Å²) in [4.78, 5) is 18.4. The van der Waals surface area contributed by atoms with E-state index in [-0.39, 0.29) is 23.7 Å². The van der Waals surface area contributed by atoms with Crippen LogP contribution in [-0.4, -0.2) is 43.2 Å². The smallest absolute Gasteiger partial charge is 0.227 e. The number of ether oxygens (including phenoxy) is 1. The molecule has 1 saturated heterocycles. The van der Waals surface area contributed by atoms with Gasteiger partial charge >= 0.3 is 0 Å². The molecule has 7 heteroatoms. The van der Waals surface area contributed by atoms with Crippen LogP contribution in [0.3, 0.4) is 0 Å². The molecule has 0 bridgehead atoms. The van der Waals surface area contributed by atoms with Crippen LogP contribution in [0.15, 0.2) is 49.2 Å². The van der Waals surface area contributed by atoms with Gasteiger partial charge < -0.3 is 20.3 Å². The van der Waals surface area contributed by atoms with Crippen molar-refractivity contribution >= 4 is 17.4 Å². The van der Waals surface area contributed by atoms with E-state index in [0.717, 1.165) is 37.1 Å². The molecule has 3 rings (SSSR count). The lowest BCUT2D eigenvalue weighted by Crippen LogP contribution is -2.28. The van der Waals surface area contributed by atoms with Gasteiger partial charge in [0.1, 0.15) is 11.9 Å². The molecule has 1 aromatic carbocycles. The van der Waals surface area contributed by atoms with Crippen LogP contribution in [0.4, 0.5) is 15.9 Å². The molecule has 1 fully saturated rings. The van der Waals surface area contributed by atoms with Gasteiger partial charge in [0.2, 0.25) is 5.91 Å². The lowest BCUT2D eigenvalue weighted by Gasteiger charge is -2.21. The van der Waals surface area contributed by atoms with Crippen molar-refractivity contribution in [3.05, 3.63) is 60.6 Å². The predicted octanol–water partition coefficient (Wildman–Crippen LogP) is 4.50. The van der Waals surface area contributed by atoms with Gasteiger partial charge in [-0.05, 0) is 43.5 Å². The van der Waals surface area contributed by atoms with E-state index in [4.69, 9.17) is 4.74 Å². The average molecular weight is 441 g/mol. The van der Waals surface area contributed by atoms with Crippen LogP contribution in [0.5, 0.6) is 5.75 Å². The van der Waals surface area contributed by atoms with Crippen molar-refractivity contribution in [1.29, 1.82) is 0 Å². The molecule has 6 nitrogen and oxygen atoms in total. The number of rotatable bonds is 11. The van der Waals surface area contributed by atoms with Crippen LogP contribution in [0.2, 0.25) is 0 Å². The third-order valence-corrected chi connectivity index (χ3v) is 5.62. The maximum Gasteiger partial charge on any atom is 0.227 e. The number of anilines is 2. The van der Waals surface area contributed by atoms with E-state index in [1.165, 1.54) is 0 Å². The molecule has 32 heavy (non-hydrogen) atoms. The molecule has 0 spiro atoms. The molecule has 0 radical (unpaired) electrons. The van der Waals surface area contributed by atoms with Crippen LogP contribution in [-0.2, 0) is 4.79 Å². The van der Waals surface area contributed by atoms with Crippen molar-refractivity contribution in [1.82, 2.24) is 10.3 Å². The van der Waals surface area contributed by atoms with Crippen LogP contribution in [0, 0.1) is 5.82 Å². The van der Waals surface area contributed by atoms with Gasteiger partial charge in [0.15, 0.2) is 11.6 Å². The van der Waals surface area contributed by atoms with Gasteiger partial charge in [-0.3, -0.25) is 4.79 Å². The lowest BCUT2D eigenvalue weighted by atomic mass is 10.0. The highest BCUT2D eigenvalue weighted by molar-refractivity contribution is 5.83. The van der Waals surface area contributed by atoms with E-state index in [1.54, 1.807) is 18.3 Å². The van der Waals surface area contributed by atoms with Crippen molar-refractivity contribution in [2.45, 2.75) is 45.1 Å². The molecule has 1 aliphatic heterocycles. The summed E-state index contributed by atoms with van der Waals surface area (Å²) in [6.45, 7) is 10.2. The molecular weight excluding hydrogens is 407 g/mol. The Balaban J connectivity index is 1.56. The van der Waals surface area contributed by atoms with Crippen molar-refractivity contribution in [2.24, 2.45) is 0 Å². The number of amides is 1. The van der Waals surface area contributed by atoms with E-state index >= 15 is 0 Å². The van der Waals surface area contributed by atoms with Crippen molar-refractivity contribution < 1.29 is 13.9 Å². The highest BCUT2D eigenvalue weighted by atomic mass is 19.1. The number of aromatic nitrogens is 1. The fraction of sp³-hybridized carbons (Fsp3) is 0.440. The summed E-state index contributed by atoms with van der Waals surface area (Å²) < 4.78 is 21.0. The van der Waals surface area contributed by atoms with Gasteiger partial charge in [-0.15, -0.1) is 6.58 Å². The molecule has 1 amide bonds. The Morgan fingerprint density at radius 2 is 2.12 bits per heavy atom. The summed E-state index contributed by atoms with van der Waals surface area (Å²) in [7, 11) is 0. The summed E-state index contributed by atoms with van der Waals surface area (Å²) in [6.07, 6.45) is 5.86. The second-order valence-corrected chi connectivity index (χ2v) is 8.05. The van der Waals surface area contributed by atoms with Gasteiger partial charge in [0.25, 0.3) is 0 Å².